The number of aliphatic hydroxyl groups excluding tert-OH is 1. The predicted molar refractivity (Wildman–Crippen MR) is 93.1 cm³/mol. The van der Waals surface area contributed by atoms with Gasteiger partial charge in [-0.1, -0.05) is 25.5 Å². The first kappa shape index (κ1) is 17.0. The van der Waals surface area contributed by atoms with Gasteiger partial charge in [0.2, 0.25) is 0 Å². The highest BCUT2D eigenvalue weighted by Gasteiger charge is 2.59. The maximum atomic E-state index is 11.0. The average Bonchev–Trinajstić information content (AvgIpc) is 2.83. The van der Waals surface area contributed by atoms with Crippen LogP contribution in [0.5, 0.6) is 0 Å². The number of rotatable bonds is 2. The highest BCUT2D eigenvalue weighted by atomic mass is 16.8. The predicted octanol–water partition coefficient (Wildman–Crippen LogP) is 4.12. The van der Waals surface area contributed by atoms with E-state index in [0.717, 1.165) is 36.7 Å². The van der Waals surface area contributed by atoms with Crippen molar-refractivity contribution in [2.75, 3.05) is 6.54 Å². The molecule has 0 amide bonds. The summed E-state index contributed by atoms with van der Waals surface area (Å²) < 4.78 is 0. The second-order valence-electron chi connectivity index (χ2n) is 9.58. The number of hydrogen-bond donors (Lipinski definition) is 2. The van der Waals surface area contributed by atoms with Gasteiger partial charge in [0.1, 0.15) is 0 Å². The van der Waals surface area contributed by atoms with Crippen molar-refractivity contribution in [2.24, 2.45) is 34.5 Å². The van der Waals surface area contributed by atoms with Crippen LogP contribution < -0.4 is 0 Å². The first-order valence-corrected chi connectivity index (χ1v) is 9.84. The maximum absolute atomic E-state index is 11.0. The van der Waals surface area contributed by atoms with Crippen molar-refractivity contribution >= 4 is 0 Å². The van der Waals surface area contributed by atoms with Crippen LogP contribution in [-0.2, 0) is 0 Å². The van der Waals surface area contributed by atoms with Gasteiger partial charge in [0.05, 0.1) is 6.10 Å². The van der Waals surface area contributed by atoms with E-state index in [2.05, 4.69) is 19.9 Å². The molecular formula is C20H32NO3-. The molecule has 0 bridgehead atoms. The Labute approximate surface area is 145 Å². The molecule has 4 aliphatic carbocycles. The number of hydroxylamine groups is 2. The quantitative estimate of drug-likeness (QED) is 0.589. The van der Waals surface area contributed by atoms with Crippen molar-refractivity contribution in [1.29, 1.82) is 0 Å². The number of nitrogens with zero attached hydrogens (tertiary/aromatic N) is 1. The molecule has 0 saturated heterocycles. The maximum Gasteiger partial charge on any atom is 0.0596 e. The van der Waals surface area contributed by atoms with Crippen LogP contribution in [-0.4, -0.2) is 28.2 Å². The Hall–Kier alpha value is -0.420. The molecule has 0 unspecified atom stereocenters. The third-order valence-electron chi connectivity index (χ3n) is 8.69. The molecule has 0 aromatic heterocycles. The fourth-order valence-corrected chi connectivity index (χ4v) is 7.23. The number of fused-ring (bicyclic) bond motifs is 5. The third-order valence-corrected chi connectivity index (χ3v) is 8.69. The molecule has 0 aliphatic heterocycles. The van der Waals surface area contributed by atoms with E-state index in [1.165, 1.54) is 32.1 Å². The van der Waals surface area contributed by atoms with Crippen LogP contribution >= 0.6 is 0 Å². The highest BCUT2D eigenvalue weighted by molar-refractivity contribution is 5.18. The Balaban J connectivity index is 1.57. The first-order valence-electron chi connectivity index (χ1n) is 9.84. The lowest BCUT2D eigenvalue weighted by Gasteiger charge is -2.60. The zero-order valence-electron chi connectivity index (χ0n) is 15.1. The van der Waals surface area contributed by atoms with Crippen LogP contribution in [0.15, 0.2) is 11.6 Å². The second kappa shape index (κ2) is 5.80. The van der Waals surface area contributed by atoms with Gasteiger partial charge in [-0.05, 0) is 85.9 Å². The Kier molecular flexibility index (Phi) is 4.11. The lowest BCUT2D eigenvalue weighted by atomic mass is 9.45. The topological polar surface area (TPSA) is 66.8 Å². The zero-order chi connectivity index (χ0) is 17.1. The highest BCUT2D eigenvalue weighted by Crippen LogP contribution is 2.65. The summed E-state index contributed by atoms with van der Waals surface area (Å²) in [7, 11) is 0. The molecule has 0 aromatic rings. The van der Waals surface area contributed by atoms with Crippen molar-refractivity contribution in [2.45, 2.75) is 71.3 Å². The number of aliphatic hydroxyl groups is 1. The summed E-state index contributed by atoms with van der Waals surface area (Å²) in [6, 6.07) is 0. The van der Waals surface area contributed by atoms with Crippen LogP contribution in [0.2, 0.25) is 0 Å². The van der Waals surface area contributed by atoms with E-state index in [1.807, 2.05) is 0 Å². The molecule has 24 heavy (non-hydrogen) atoms. The molecule has 2 N–H and O–H groups in total. The molecule has 0 radical (unpaired) electrons. The average molecular weight is 334 g/mol. The standard InChI is InChI=1S/C20H32NO3/c1-19-9-7-13(12-21(23)24)11-14(19)3-4-15-16-5-6-18(22)20(16,2)10-8-17(15)19/h7,14-18,22-23H,3-6,8-12H2,1-2H3/q-1/t14-,15+,16-,17+,18-,19-,20-/m0/s1. The molecule has 4 nitrogen and oxygen atoms in total. The third kappa shape index (κ3) is 2.41. The molecule has 136 valence electrons. The van der Waals surface area contributed by atoms with Gasteiger partial charge < -0.3 is 15.5 Å². The summed E-state index contributed by atoms with van der Waals surface area (Å²) in [4.78, 5) is 0. The van der Waals surface area contributed by atoms with Crippen LogP contribution in [0, 0.1) is 39.7 Å². The zero-order valence-corrected chi connectivity index (χ0v) is 15.1. The van der Waals surface area contributed by atoms with Gasteiger partial charge >= 0.3 is 0 Å². The largest absolute Gasteiger partial charge is 0.762 e. The van der Waals surface area contributed by atoms with E-state index in [9.17, 15) is 10.3 Å². The summed E-state index contributed by atoms with van der Waals surface area (Å²) in [5, 5.41) is 30.6. The second-order valence-corrected chi connectivity index (χ2v) is 9.58. The van der Waals surface area contributed by atoms with Crippen LogP contribution in [0.1, 0.15) is 65.2 Å². The summed E-state index contributed by atoms with van der Waals surface area (Å²) in [5.74, 6) is 2.87. The summed E-state index contributed by atoms with van der Waals surface area (Å²) in [6.45, 7) is 4.96. The lowest BCUT2D eigenvalue weighted by Crippen LogP contribution is -2.53. The molecule has 0 spiro atoms. The van der Waals surface area contributed by atoms with E-state index in [-0.39, 0.29) is 23.3 Å². The molecule has 3 saturated carbocycles. The minimum Gasteiger partial charge on any atom is -0.762 e. The Bertz CT molecular complexity index is 533. The van der Waals surface area contributed by atoms with Gasteiger partial charge in [-0.25, -0.2) is 0 Å². The Morgan fingerprint density at radius 3 is 2.62 bits per heavy atom. The monoisotopic (exact) mass is 334 g/mol. The Morgan fingerprint density at radius 2 is 1.88 bits per heavy atom. The van der Waals surface area contributed by atoms with Crippen molar-refractivity contribution in [3.8, 4) is 0 Å². The Morgan fingerprint density at radius 1 is 1.12 bits per heavy atom. The molecule has 0 heterocycles. The SMILES string of the molecule is C[C@]12CC=C(CN([O-])O)C[C@@H]1CC[C@H]1[C@H]2CC[C@]2(C)[C@@H](O)CC[C@@H]12. The normalized spacial score (nSPS) is 50.9. The lowest BCUT2D eigenvalue weighted by molar-refractivity contribution is -0.110. The molecule has 3 fully saturated rings. The van der Waals surface area contributed by atoms with Crippen molar-refractivity contribution in [3.05, 3.63) is 16.9 Å². The fraction of sp³-hybridized carbons (Fsp3) is 0.900. The van der Waals surface area contributed by atoms with Crippen LogP contribution in [0.4, 0.5) is 0 Å². The molecule has 7 atom stereocenters. The molecule has 4 rings (SSSR count). The van der Waals surface area contributed by atoms with Gasteiger partial charge in [0, 0.05) is 6.54 Å². The summed E-state index contributed by atoms with van der Waals surface area (Å²) in [6.07, 6.45) is 11.3. The minimum absolute atomic E-state index is 0.0755. The molecular weight excluding hydrogens is 302 g/mol. The van der Waals surface area contributed by atoms with Gasteiger partial charge in [0.25, 0.3) is 0 Å². The summed E-state index contributed by atoms with van der Waals surface area (Å²) in [5.41, 5.74) is 1.61. The summed E-state index contributed by atoms with van der Waals surface area (Å²) >= 11 is 0. The fourth-order valence-electron chi connectivity index (χ4n) is 7.23. The van der Waals surface area contributed by atoms with E-state index in [1.54, 1.807) is 0 Å². The van der Waals surface area contributed by atoms with E-state index < -0.39 is 0 Å². The molecule has 4 heteroatoms. The first-order chi connectivity index (χ1) is 11.3. The van der Waals surface area contributed by atoms with Crippen molar-refractivity contribution in [3.63, 3.8) is 0 Å². The van der Waals surface area contributed by atoms with Gasteiger partial charge in [-0.15, -0.1) is 0 Å². The number of allylic oxidation sites excluding steroid dienone is 1. The smallest absolute Gasteiger partial charge is 0.0596 e. The van der Waals surface area contributed by atoms with E-state index >= 15 is 0 Å². The van der Waals surface area contributed by atoms with Crippen molar-refractivity contribution < 1.29 is 10.3 Å². The van der Waals surface area contributed by atoms with Gasteiger partial charge in [-0.2, -0.15) is 0 Å². The minimum atomic E-state index is -0.0978. The van der Waals surface area contributed by atoms with Crippen LogP contribution in [0.25, 0.3) is 0 Å². The van der Waals surface area contributed by atoms with Crippen LogP contribution in [0.3, 0.4) is 0 Å². The molecule has 4 aliphatic rings. The van der Waals surface area contributed by atoms with Gasteiger partial charge in [-0.3, -0.25) is 5.23 Å². The molecule has 0 aromatic carbocycles. The van der Waals surface area contributed by atoms with E-state index in [0.29, 0.717) is 17.3 Å². The van der Waals surface area contributed by atoms with Crippen molar-refractivity contribution in [1.82, 2.24) is 5.23 Å². The van der Waals surface area contributed by atoms with Gasteiger partial charge in [0.15, 0.2) is 0 Å². The number of hydrogen-bond acceptors (Lipinski definition) is 4. The van der Waals surface area contributed by atoms with E-state index in [4.69, 9.17) is 5.21 Å².